The highest BCUT2D eigenvalue weighted by molar-refractivity contribution is 7.09. The SMILES string of the molecule is Cc1csc(C(O)c2ccc3[nH]ccc3c2)n1. The number of aliphatic hydroxyl groups is 1. The highest BCUT2D eigenvalue weighted by atomic mass is 32.1. The van der Waals surface area contributed by atoms with Crippen LogP contribution in [0.3, 0.4) is 0 Å². The first kappa shape index (κ1) is 10.5. The van der Waals surface area contributed by atoms with Crippen LogP contribution in [0, 0.1) is 6.92 Å². The van der Waals surface area contributed by atoms with Crippen LogP contribution in [0.4, 0.5) is 0 Å². The Kier molecular flexibility index (Phi) is 2.46. The first-order valence-corrected chi connectivity index (χ1v) is 6.29. The molecule has 3 aromatic rings. The zero-order chi connectivity index (χ0) is 11.8. The summed E-state index contributed by atoms with van der Waals surface area (Å²) in [7, 11) is 0. The molecule has 2 aromatic heterocycles. The van der Waals surface area contributed by atoms with Crippen molar-refractivity contribution in [2.75, 3.05) is 0 Å². The summed E-state index contributed by atoms with van der Waals surface area (Å²) in [4.78, 5) is 7.45. The third-order valence-corrected chi connectivity index (χ3v) is 3.78. The predicted octanol–water partition coefficient (Wildman–Crippen LogP) is 3.01. The Morgan fingerprint density at radius 3 is 3.00 bits per heavy atom. The second-order valence-corrected chi connectivity index (χ2v) is 4.94. The maximum absolute atomic E-state index is 10.2. The number of aromatic amines is 1. The molecule has 4 heteroatoms. The lowest BCUT2D eigenvalue weighted by atomic mass is 10.1. The average molecular weight is 244 g/mol. The minimum atomic E-state index is -0.631. The molecule has 0 fully saturated rings. The Labute approximate surface area is 103 Å². The molecular formula is C13H12N2OS. The zero-order valence-electron chi connectivity index (χ0n) is 9.34. The number of aryl methyl sites for hydroxylation is 1. The molecule has 0 saturated heterocycles. The van der Waals surface area contributed by atoms with Gasteiger partial charge in [-0.3, -0.25) is 0 Å². The van der Waals surface area contributed by atoms with Crippen molar-refractivity contribution >= 4 is 22.2 Å². The molecule has 2 heterocycles. The lowest BCUT2D eigenvalue weighted by molar-refractivity contribution is 0.220. The summed E-state index contributed by atoms with van der Waals surface area (Å²) < 4.78 is 0. The summed E-state index contributed by atoms with van der Waals surface area (Å²) in [5, 5.41) is 14.0. The van der Waals surface area contributed by atoms with E-state index in [4.69, 9.17) is 0 Å². The maximum Gasteiger partial charge on any atom is 0.131 e. The van der Waals surface area contributed by atoms with E-state index >= 15 is 0 Å². The van der Waals surface area contributed by atoms with Gasteiger partial charge in [0.15, 0.2) is 0 Å². The molecule has 0 bridgehead atoms. The van der Waals surface area contributed by atoms with Gasteiger partial charge in [0, 0.05) is 22.8 Å². The van der Waals surface area contributed by atoms with Crippen LogP contribution in [-0.2, 0) is 0 Å². The van der Waals surface area contributed by atoms with Crippen LogP contribution in [0.1, 0.15) is 22.4 Å². The Morgan fingerprint density at radius 2 is 2.24 bits per heavy atom. The van der Waals surface area contributed by atoms with E-state index in [9.17, 15) is 5.11 Å². The lowest BCUT2D eigenvalue weighted by Gasteiger charge is -2.07. The number of hydrogen-bond donors (Lipinski definition) is 2. The summed E-state index contributed by atoms with van der Waals surface area (Å²) in [6.45, 7) is 1.93. The molecule has 0 radical (unpaired) electrons. The predicted molar refractivity (Wildman–Crippen MR) is 69.2 cm³/mol. The van der Waals surface area contributed by atoms with E-state index in [1.807, 2.05) is 42.8 Å². The monoisotopic (exact) mass is 244 g/mol. The van der Waals surface area contributed by atoms with Crippen molar-refractivity contribution < 1.29 is 5.11 Å². The van der Waals surface area contributed by atoms with Crippen molar-refractivity contribution in [2.24, 2.45) is 0 Å². The number of fused-ring (bicyclic) bond motifs is 1. The molecule has 17 heavy (non-hydrogen) atoms. The molecule has 2 N–H and O–H groups in total. The normalized spacial score (nSPS) is 13.1. The average Bonchev–Trinajstić information content (AvgIpc) is 2.95. The van der Waals surface area contributed by atoms with Crippen molar-refractivity contribution in [2.45, 2.75) is 13.0 Å². The zero-order valence-corrected chi connectivity index (χ0v) is 10.2. The molecule has 0 aliphatic rings. The number of H-pyrrole nitrogens is 1. The highest BCUT2D eigenvalue weighted by Crippen LogP contribution is 2.27. The number of thiazole rings is 1. The summed E-state index contributed by atoms with van der Waals surface area (Å²) >= 11 is 1.49. The smallest absolute Gasteiger partial charge is 0.131 e. The quantitative estimate of drug-likeness (QED) is 0.728. The van der Waals surface area contributed by atoms with Crippen LogP contribution in [0.15, 0.2) is 35.8 Å². The van der Waals surface area contributed by atoms with Gasteiger partial charge in [-0.05, 0) is 36.1 Å². The summed E-state index contributed by atoms with van der Waals surface area (Å²) in [5.41, 5.74) is 2.91. The standard InChI is InChI=1S/C13H12N2OS/c1-8-7-17-13(15-8)12(16)10-2-3-11-9(6-10)4-5-14-11/h2-7,12,14,16H,1H3. The third-order valence-electron chi connectivity index (χ3n) is 2.76. The Hall–Kier alpha value is -1.65. The van der Waals surface area contributed by atoms with Gasteiger partial charge in [0.1, 0.15) is 11.1 Å². The second-order valence-electron chi connectivity index (χ2n) is 4.05. The van der Waals surface area contributed by atoms with E-state index in [0.29, 0.717) is 0 Å². The minimum Gasteiger partial charge on any atom is -0.381 e. The van der Waals surface area contributed by atoms with Crippen molar-refractivity contribution in [1.29, 1.82) is 0 Å². The molecular weight excluding hydrogens is 232 g/mol. The van der Waals surface area contributed by atoms with Crippen LogP contribution in [0.5, 0.6) is 0 Å². The molecule has 1 aromatic carbocycles. The van der Waals surface area contributed by atoms with Gasteiger partial charge in [-0.2, -0.15) is 0 Å². The van der Waals surface area contributed by atoms with Crippen molar-refractivity contribution in [3.8, 4) is 0 Å². The number of rotatable bonds is 2. The first-order chi connectivity index (χ1) is 8.24. The van der Waals surface area contributed by atoms with E-state index in [1.54, 1.807) is 0 Å². The molecule has 3 rings (SSSR count). The van der Waals surface area contributed by atoms with Crippen molar-refractivity contribution in [1.82, 2.24) is 9.97 Å². The molecule has 0 spiro atoms. The van der Waals surface area contributed by atoms with Gasteiger partial charge in [0.2, 0.25) is 0 Å². The van der Waals surface area contributed by atoms with Gasteiger partial charge in [0.25, 0.3) is 0 Å². The molecule has 3 nitrogen and oxygen atoms in total. The minimum absolute atomic E-state index is 0.631. The molecule has 0 aliphatic heterocycles. The van der Waals surface area contributed by atoms with Crippen molar-refractivity contribution in [3.63, 3.8) is 0 Å². The summed E-state index contributed by atoms with van der Waals surface area (Å²) in [5.74, 6) is 0. The van der Waals surface area contributed by atoms with Crippen molar-refractivity contribution in [3.05, 3.63) is 52.1 Å². The van der Waals surface area contributed by atoms with Gasteiger partial charge in [0.05, 0.1) is 0 Å². The number of hydrogen-bond acceptors (Lipinski definition) is 3. The number of nitrogens with zero attached hydrogens (tertiary/aromatic N) is 1. The summed E-state index contributed by atoms with van der Waals surface area (Å²) in [6, 6.07) is 7.90. The van der Waals surface area contributed by atoms with Crippen LogP contribution < -0.4 is 0 Å². The van der Waals surface area contributed by atoms with E-state index in [1.165, 1.54) is 11.3 Å². The maximum atomic E-state index is 10.2. The number of nitrogens with one attached hydrogen (secondary N) is 1. The summed E-state index contributed by atoms with van der Waals surface area (Å²) in [6.07, 6.45) is 1.27. The largest absolute Gasteiger partial charge is 0.381 e. The van der Waals surface area contributed by atoms with Gasteiger partial charge in [-0.1, -0.05) is 6.07 Å². The molecule has 0 aliphatic carbocycles. The molecule has 1 unspecified atom stereocenters. The van der Waals surface area contributed by atoms with Crippen LogP contribution >= 0.6 is 11.3 Å². The fourth-order valence-corrected chi connectivity index (χ4v) is 2.69. The highest BCUT2D eigenvalue weighted by Gasteiger charge is 2.14. The van der Waals surface area contributed by atoms with Gasteiger partial charge < -0.3 is 10.1 Å². The first-order valence-electron chi connectivity index (χ1n) is 5.41. The topological polar surface area (TPSA) is 48.9 Å². The number of aliphatic hydroxyl groups excluding tert-OH is 1. The fourth-order valence-electron chi connectivity index (χ4n) is 1.88. The Balaban J connectivity index is 2.02. The fraction of sp³-hybridized carbons (Fsp3) is 0.154. The Bertz CT molecular complexity index is 656. The van der Waals surface area contributed by atoms with E-state index in [0.717, 1.165) is 27.2 Å². The van der Waals surface area contributed by atoms with Gasteiger partial charge in [-0.25, -0.2) is 4.98 Å². The Morgan fingerprint density at radius 1 is 1.35 bits per heavy atom. The van der Waals surface area contributed by atoms with Crippen LogP contribution in [-0.4, -0.2) is 15.1 Å². The number of benzene rings is 1. The second kappa shape index (κ2) is 3.98. The number of aromatic nitrogens is 2. The van der Waals surface area contributed by atoms with E-state index in [2.05, 4.69) is 9.97 Å². The van der Waals surface area contributed by atoms with Gasteiger partial charge >= 0.3 is 0 Å². The molecule has 0 saturated carbocycles. The van der Waals surface area contributed by atoms with Gasteiger partial charge in [-0.15, -0.1) is 11.3 Å². The lowest BCUT2D eigenvalue weighted by Crippen LogP contribution is -1.98. The molecule has 86 valence electrons. The van der Waals surface area contributed by atoms with E-state index in [-0.39, 0.29) is 0 Å². The van der Waals surface area contributed by atoms with Crippen LogP contribution in [0.25, 0.3) is 10.9 Å². The van der Waals surface area contributed by atoms with Crippen LogP contribution in [0.2, 0.25) is 0 Å². The third kappa shape index (κ3) is 1.85. The molecule has 0 amide bonds. The molecule has 1 atom stereocenters. The van der Waals surface area contributed by atoms with E-state index < -0.39 is 6.10 Å².